The first-order valence-corrected chi connectivity index (χ1v) is 5.98. The van der Waals surface area contributed by atoms with Crippen molar-refractivity contribution >= 4 is 0 Å². The number of nitrogens with zero attached hydrogens (tertiary/aromatic N) is 1. The first-order chi connectivity index (χ1) is 8.78. The van der Waals surface area contributed by atoms with Crippen molar-refractivity contribution in [1.29, 1.82) is 5.26 Å². The van der Waals surface area contributed by atoms with Crippen LogP contribution in [0, 0.1) is 11.3 Å². The van der Waals surface area contributed by atoms with Gasteiger partial charge in [-0.1, -0.05) is 30.3 Å². The lowest BCUT2D eigenvalue weighted by atomic mass is 10.1. The minimum Gasteiger partial charge on any atom is -0.490 e. The monoisotopic (exact) mass is 237 g/mol. The Bertz CT molecular complexity index is 525. The molecule has 0 aliphatic heterocycles. The lowest BCUT2D eigenvalue weighted by Crippen LogP contribution is -2.14. The molecule has 0 saturated carbocycles. The molecule has 2 rings (SSSR count). The Balaban J connectivity index is 1.95. The molecule has 90 valence electrons. The largest absolute Gasteiger partial charge is 0.490 e. The van der Waals surface area contributed by atoms with Gasteiger partial charge in [0.1, 0.15) is 5.75 Å². The summed E-state index contributed by atoms with van der Waals surface area (Å²) in [4.78, 5) is 0. The van der Waals surface area contributed by atoms with Crippen LogP contribution in [0.2, 0.25) is 0 Å². The van der Waals surface area contributed by atoms with Crippen molar-refractivity contribution in [2.75, 3.05) is 0 Å². The first-order valence-electron chi connectivity index (χ1n) is 5.98. The second-order valence-electron chi connectivity index (χ2n) is 4.25. The third-order valence-electron chi connectivity index (χ3n) is 2.69. The molecule has 0 aliphatic carbocycles. The maximum atomic E-state index is 8.71. The van der Waals surface area contributed by atoms with Gasteiger partial charge >= 0.3 is 0 Å². The fraction of sp³-hybridized carbons (Fsp3) is 0.188. The van der Waals surface area contributed by atoms with Crippen LogP contribution < -0.4 is 4.74 Å². The predicted octanol–water partition coefficient (Wildman–Crippen LogP) is 3.57. The van der Waals surface area contributed by atoms with E-state index in [-0.39, 0.29) is 6.10 Å². The maximum absolute atomic E-state index is 8.71. The van der Waals surface area contributed by atoms with Gasteiger partial charge in [-0.05, 0) is 36.8 Å². The van der Waals surface area contributed by atoms with Crippen LogP contribution in [0.25, 0.3) is 0 Å². The van der Waals surface area contributed by atoms with E-state index >= 15 is 0 Å². The minimum absolute atomic E-state index is 0.111. The number of benzene rings is 2. The van der Waals surface area contributed by atoms with Crippen LogP contribution >= 0.6 is 0 Å². The third kappa shape index (κ3) is 3.36. The molecule has 2 heteroatoms. The second kappa shape index (κ2) is 5.88. The topological polar surface area (TPSA) is 33.0 Å². The highest BCUT2D eigenvalue weighted by Crippen LogP contribution is 2.15. The first kappa shape index (κ1) is 12.2. The Hall–Kier alpha value is -2.27. The highest BCUT2D eigenvalue weighted by molar-refractivity contribution is 5.34. The molecule has 0 radical (unpaired) electrons. The molecule has 2 aromatic carbocycles. The maximum Gasteiger partial charge on any atom is 0.119 e. The number of hydrogen-bond donors (Lipinski definition) is 0. The van der Waals surface area contributed by atoms with E-state index in [2.05, 4.69) is 18.2 Å². The quantitative estimate of drug-likeness (QED) is 0.814. The molecule has 1 unspecified atom stereocenters. The summed E-state index contributed by atoms with van der Waals surface area (Å²) in [5.41, 5.74) is 1.91. The van der Waals surface area contributed by atoms with Crippen molar-refractivity contribution in [1.82, 2.24) is 0 Å². The average molecular weight is 237 g/mol. The van der Waals surface area contributed by atoms with E-state index in [1.165, 1.54) is 5.56 Å². The molecule has 0 aromatic heterocycles. The Labute approximate surface area is 107 Å². The molecular weight excluding hydrogens is 222 g/mol. The lowest BCUT2D eigenvalue weighted by molar-refractivity contribution is 0.222. The van der Waals surface area contributed by atoms with E-state index in [4.69, 9.17) is 10.00 Å². The summed E-state index contributed by atoms with van der Waals surface area (Å²) in [5.74, 6) is 0.803. The number of hydrogen-bond acceptors (Lipinski definition) is 2. The van der Waals surface area contributed by atoms with Crippen LogP contribution in [-0.2, 0) is 6.42 Å². The van der Waals surface area contributed by atoms with Crippen molar-refractivity contribution < 1.29 is 4.74 Å². The van der Waals surface area contributed by atoms with E-state index < -0.39 is 0 Å². The zero-order chi connectivity index (χ0) is 12.8. The smallest absolute Gasteiger partial charge is 0.119 e. The number of rotatable bonds is 4. The molecule has 2 nitrogen and oxygen atoms in total. The van der Waals surface area contributed by atoms with Crippen LogP contribution in [-0.4, -0.2) is 6.10 Å². The lowest BCUT2D eigenvalue weighted by Gasteiger charge is -2.14. The number of nitriles is 1. The van der Waals surface area contributed by atoms with Gasteiger partial charge in [0.25, 0.3) is 0 Å². The fourth-order valence-corrected chi connectivity index (χ4v) is 1.83. The molecule has 0 fully saturated rings. The highest BCUT2D eigenvalue weighted by atomic mass is 16.5. The fourth-order valence-electron chi connectivity index (χ4n) is 1.83. The van der Waals surface area contributed by atoms with Crippen molar-refractivity contribution in [3.63, 3.8) is 0 Å². The molecule has 0 spiro atoms. The van der Waals surface area contributed by atoms with E-state index in [1.54, 1.807) is 12.1 Å². The van der Waals surface area contributed by atoms with Crippen molar-refractivity contribution in [3.8, 4) is 11.8 Å². The van der Waals surface area contributed by atoms with Gasteiger partial charge in [-0.2, -0.15) is 5.26 Å². The average Bonchev–Trinajstić information content (AvgIpc) is 2.40. The van der Waals surface area contributed by atoms with Gasteiger partial charge in [0.05, 0.1) is 17.7 Å². The van der Waals surface area contributed by atoms with Crippen molar-refractivity contribution in [2.24, 2.45) is 0 Å². The van der Waals surface area contributed by atoms with E-state index in [9.17, 15) is 0 Å². The predicted molar refractivity (Wildman–Crippen MR) is 71.4 cm³/mol. The van der Waals surface area contributed by atoms with Crippen LogP contribution in [0.4, 0.5) is 0 Å². The van der Waals surface area contributed by atoms with Gasteiger partial charge in [0.2, 0.25) is 0 Å². The van der Waals surface area contributed by atoms with E-state index in [0.717, 1.165) is 12.2 Å². The molecule has 2 aromatic rings. The second-order valence-corrected chi connectivity index (χ2v) is 4.25. The van der Waals surface area contributed by atoms with E-state index in [1.807, 2.05) is 37.3 Å². The highest BCUT2D eigenvalue weighted by Gasteiger charge is 2.05. The summed E-state index contributed by atoms with van der Waals surface area (Å²) in [7, 11) is 0. The number of ether oxygens (including phenoxy) is 1. The Morgan fingerprint density at radius 2 is 1.72 bits per heavy atom. The van der Waals surface area contributed by atoms with Crippen LogP contribution in [0.3, 0.4) is 0 Å². The molecule has 0 heterocycles. The molecule has 0 saturated heterocycles. The molecule has 0 amide bonds. The summed E-state index contributed by atoms with van der Waals surface area (Å²) < 4.78 is 5.81. The summed E-state index contributed by atoms with van der Waals surface area (Å²) in [5, 5.41) is 8.71. The van der Waals surface area contributed by atoms with Gasteiger partial charge in [0, 0.05) is 6.42 Å². The Morgan fingerprint density at radius 3 is 2.33 bits per heavy atom. The Morgan fingerprint density at radius 1 is 1.06 bits per heavy atom. The molecule has 1 atom stereocenters. The van der Waals surface area contributed by atoms with Gasteiger partial charge in [-0.15, -0.1) is 0 Å². The summed E-state index contributed by atoms with van der Waals surface area (Å²) in [6, 6.07) is 19.6. The molecule has 0 N–H and O–H groups in total. The molecule has 0 aliphatic rings. The standard InChI is InChI=1S/C16H15NO/c1-13(11-14-5-3-2-4-6-14)18-16-9-7-15(12-17)8-10-16/h2-10,13H,11H2,1H3. The van der Waals surface area contributed by atoms with Crippen LogP contribution in [0.1, 0.15) is 18.1 Å². The zero-order valence-corrected chi connectivity index (χ0v) is 10.3. The van der Waals surface area contributed by atoms with Crippen LogP contribution in [0.15, 0.2) is 54.6 Å². The van der Waals surface area contributed by atoms with E-state index in [0.29, 0.717) is 5.56 Å². The third-order valence-corrected chi connectivity index (χ3v) is 2.69. The normalized spacial score (nSPS) is 11.6. The Kier molecular flexibility index (Phi) is 3.98. The summed E-state index contributed by atoms with van der Waals surface area (Å²) >= 11 is 0. The van der Waals surface area contributed by atoms with Gasteiger partial charge in [-0.3, -0.25) is 0 Å². The van der Waals surface area contributed by atoms with Crippen molar-refractivity contribution in [2.45, 2.75) is 19.4 Å². The van der Waals surface area contributed by atoms with Gasteiger partial charge in [-0.25, -0.2) is 0 Å². The summed E-state index contributed by atoms with van der Waals surface area (Å²) in [6.45, 7) is 2.05. The molecular formula is C16H15NO. The summed E-state index contributed by atoms with van der Waals surface area (Å²) in [6.07, 6.45) is 0.987. The molecule has 18 heavy (non-hydrogen) atoms. The van der Waals surface area contributed by atoms with Crippen LogP contribution in [0.5, 0.6) is 5.75 Å². The van der Waals surface area contributed by atoms with Crippen molar-refractivity contribution in [3.05, 3.63) is 65.7 Å². The minimum atomic E-state index is 0.111. The van der Waals surface area contributed by atoms with Gasteiger partial charge < -0.3 is 4.74 Å². The molecule has 0 bridgehead atoms. The van der Waals surface area contributed by atoms with Gasteiger partial charge in [0.15, 0.2) is 0 Å². The SMILES string of the molecule is CC(Cc1ccccc1)Oc1ccc(C#N)cc1. The zero-order valence-electron chi connectivity index (χ0n) is 10.3.